The van der Waals surface area contributed by atoms with Crippen LogP contribution < -0.4 is 16.4 Å². The summed E-state index contributed by atoms with van der Waals surface area (Å²) in [6.45, 7) is 10.4. The SMILES string of the molecule is CCC(C)N(C(=O)C(CC(N)=O)NC(=O)OC(C)(C)C)C(C(=O)Nc1ccccc1C)c1cccc(O)c1. The minimum atomic E-state index is -1.39. The van der Waals surface area contributed by atoms with E-state index in [1.54, 1.807) is 52.0 Å². The Kier molecular flexibility index (Phi) is 10.3. The summed E-state index contributed by atoms with van der Waals surface area (Å²) in [7, 11) is 0. The lowest BCUT2D eigenvalue weighted by atomic mass is 9.98. The van der Waals surface area contributed by atoms with Crippen molar-refractivity contribution in [1.82, 2.24) is 10.2 Å². The molecule has 5 N–H and O–H groups in total. The predicted octanol–water partition coefficient (Wildman–Crippen LogP) is 3.78. The maximum atomic E-state index is 14.0. The van der Waals surface area contributed by atoms with E-state index in [0.717, 1.165) is 5.56 Å². The van der Waals surface area contributed by atoms with Crippen molar-refractivity contribution in [2.45, 2.75) is 78.1 Å². The zero-order valence-electron chi connectivity index (χ0n) is 22.8. The highest BCUT2D eigenvalue weighted by Crippen LogP contribution is 2.30. The summed E-state index contributed by atoms with van der Waals surface area (Å²) in [4.78, 5) is 53.6. The van der Waals surface area contributed by atoms with Crippen molar-refractivity contribution in [2.75, 3.05) is 5.32 Å². The number of ether oxygens (including phenoxy) is 1. The maximum absolute atomic E-state index is 14.0. The first-order valence-electron chi connectivity index (χ1n) is 12.5. The number of phenols is 1. The third-order valence-corrected chi connectivity index (χ3v) is 5.83. The number of nitrogens with one attached hydrogen (secondary N) is 2. The van der Waals surface area contributed by atoms with E-state index in [1.807, 2.05) is 26.0 Å². The van der Waals surface area contributed by atoms with Crippen LogP contribution in [0.5, 0.6) is 5.75 Å². The number of hydrogen-bond acceptors (Lipinski definition) is 6. The summed E-state index contributed by atoms with van der Waals surface area (Å²) >= 11 is 0. The van der Waals surface area contributed by atoms with Gasteiger partial charge in [-0.05, 0) is 70.4 Å². The van der Waals surface area contributed by atoms with Crippen molar-refractivity contribution in [3.63, 3.8) is 0 Å². The summed E-state index contributed by atoms with van der Waals surface area (Å²) in [5.74, 6) is -2.14. The molecule has 3 atom stereocenters. The highest BCUT2D eigenvalue weighted by Gasteiger charge is 2.39. The van der Waals surface area contributed by atoms with Crippen molar-refractivity contribution in [3.8, 4) is 5.75 Å². The topological polar surface area (TPSA) is 151 Å². The summed E-state index contributed by atoms with van der Waals surface area (Å²) in [5.41, 5.74) is 6.28. The van der Waals surface area contributed by atoms with E-state index < -0.39 is 54.0 Å². The minimum Gasteiger partial charge on any atom is -0.508 e. The van der Waals surface area contributed by atoms with Gasteiger partial charge in [0.2, 0.25) is 11.8 Å². The van der Waals surface area contributed by atoms with Gasteiger partial charge in [-0.1, -0.05) is 37.3 Å². The van der Waals surface area contributed by atoms with Gasteiger partial charge < -0.3 is 31.1 Å². The number of amides is 4. The molecule has 0 radical (unpaired) electrons. The highest BCUT2D eigenvalue weighted by atomic mass is 16.6. The van der Waals surface area contributed by atoms with E-state index in [1.165, 1.54) is 17.0 Å². The zero-order valence-corrected chi connectivity index (χ0v) is 22.8. The summed E-state index contributed by atoms with van der Waals surface area (Å²) < 4.78 is 5.28. The van der Waals surface area contributed by atoms with Crippen LogP contribution in [0.2, 0.25) is 0 Å². The Balaban J connectivity index is 2.58. The van der Waals surface area contributed by atoms with Crippen LogP contribution >= 0.6 is 0 Å². The molecule has 0 saturated carbocycles. The average molecular weight is 527 g/mol. The molecule has 0 aliphatic carbocycles. The Morgan fingerprint density at radius 2 is 1.74 bits per heavy atom. The Bertz CT molecular complexity index is 1160. The summed E-state index contributed by atoms with van der Waals surface area (Å²) in [6, 6.07) is 10.1. The van der Waals surface area contributed by atoms with E-state index in [0.29, 0.717) is 17.7 Å². The van der Waals surface area contributed by atoms with Gasteiger partial charge in [0, 0.05) is 11.7 Å². The standard InChI is InChI=1S/C28H38N4O6/c1-7-18(3)32(26(36)22(16-23(29)34)31-27(37)38-28(4,5)6)24(19-12-10-13-20(33)15-19)25(35)30-21-14-9-8-11-17(21)2/h8-15,18,22,24,33H,7,16H2,1-6H3,(H2,29,34)(H,30,35)(H,31,37). The number of carbonyl (C=O) groups excluding carboxylic acids is 4. The second-order valence-corrected chi connectivity index (χ2v) is 10.2. The fourth-order valence-electron chi connectivity index (χ4n) is 3.87. The Morgan fingerprint density at radius 1 is 1.08 bits per heavy atom. The Hall–Kier alpha value is -4.08. The summed E-state index contributed by atoms with van der Waals surface area (Å²) in [6.07, 6.45) is -0.953. The molecule has 0 heterocycles. The first kappa shape index (κ1) is 30.1. The van der Waals surface area contributed by atoms with Crippen LogP contribution in [0, 0.1) is 6.92 Å². The molecule has 10 nitrogen and oxygen atoms in total. The summed E-state index contributed by atoms with van der Waals surface area (Å²) in [5, 5.41) is 15.5. The van der Waals surface area contributed by atoms with Crippen LogP contribution in [0.4, 0.5) is 10.5 Å². The third kappa shape index (κ3) is 8.50. The zero-order chi connectivity index (χ0) is 28.6. The first-order chi connectivity index (χ1) is 17.7. The van der Waals surface area contributed by atoms with Gasteiger partial charge in [-0.25, -0.2) is 4.79 Å². The first-order valence-corrected chi connectivity index (χ1v) is 12.5. The van der Waals surface area contributed by atoms with Gasteiger partial charge in [-0.2, -0.15) is 0 Å². The number of hydrogen-bond donors (Lipinski definition) is 4. The smallest absolute Gasteiger partial charge is 0.408 e. The van der Waals surface area contributed by atoms with Crippen molar-refractivity contribution in [2.24, 2.45) is 5.73 Å². The molecule has 0 bridgehead atoms. The second-order valence-electron chi connectivity index (χ2n) is 10.2. The molecule has 2 aromatic rings. The molecule has 3 unspecified atom stereocenters. The van der Waals surface area contributed by atoms with Gasteiger partial charge in [0.15, 0.2) is 0 Å². The van der Waals surface area contributed by atoms with Crippen LogP contribution in [-0.2, 0) is 19.1 Å². The lowest BCUT2D eigenvalue weighted by molar-refractivity contribution is -0.144. The van der Waals surface area contributed by atoms with Gasteiger partial charge in [0.05, 0.1) is 6.42 Å². The number of alkyl carbamates (subject to hydrolysis) is 1. The van der Waals surface area contributed by atoms with Crippen molar-refractivity contribution in [1.29, 1.82) is 0 Å². The molecule has 0 saturated heterocycles. The van der Waals surface area contributed by atoms with Gasteiger partial charge in [0.25, 0.3) is 5.91 Å². The number of aryl methyl sites for hydroxylation is 1. The number of phenolic OH excluding ortho intramolecular Hbond substituents is 1. The quantitative estimate of drug-likeness (QED) is 0.370. The number of benzene rings is 2. The average Bonchev–Trinajstić information content (AvgIpc) is 2.81. The van der Waals surface area contributed by atoms with Crippen molar-refractivity contribution in [3.05, 3.63) is 59.7 Å². The molecule has 2 aromatic carbocycles. The van der Waals surface area contributed by atoms with E-state index in [9.17, 15) is 24.3 Å². The molecule has 4 amide bonds. The van der Waals surface area contributed by atoms with Gasteiger partial charge in [0.1, 0.15) is 23.4 Å². The number of aromatic hydroxyl groups is 1. The van der Waals surface area contributed by atoms with Crippen LogP contribution in [0.3, 0.4) is 0 Å². The minimum absolute atomic E-state index is 0.0895. The molecule has 0 fully saturated rings. The molecule has 38 heavy (non-hydrogen) atoms. The van der Waals surface area contributed by atoms with Crippen LogP contribution in [0.25, 0.3) is 0 Å². The molecule has 206 valence electrons. The number of anilines is 1. The third-order valence-electron chi connectivity index (χ3n) is 5.83. The molecule has 10 heteroatoms. The lowest BCUT2D eigenvalue weighted by Gasteiger charge is -2.38. The lowest BCUT2D eigenvalue weighted by Crippen LogP contribution is -2.55. The Morgan fingerprint density at radius 3 is 2.29 bits per heavy atom. The van der Waals surface area contributed by atoms with Crippen molar-refractivity contribution < 1.29 is 29.0 Å². The second kappa shape index (κ2) is 12.9. The number of primary amides is 1. The van der Waals surface area contributed by atoms with Crippen LogP contribution in [0.15, 0.2) is 48.5 Å². The van der Waals surface area contributed by atoms with E-state index in [4.69, 9.17) is 10.5 Å². The highest BCUT2D eigenvalue weighted by molar-refractivity contribution is 6.00. The van der Waals surface area contributed by atoms with Gasteiger partial charge in [-0.3, -0.25) is 14.4 Å². The molecular weight excluding hydrogens is 488 g/mol. The fourth-order valence-corrected chi connectivity index (χ4v) is 3.87. The van der Waals surface area contributed by atoms with E-state index in [-0.39, 0.29) is 5.75 Å². The molecule has 0 aromatic heterocycles. The Labute approximate surface area is 223 Å². The maximum Gasteiger partial charge on any atom is 0.408 e. The van der Waals surface area contributed by atoms with Gasteiger partial charge >= 0.3 is 6.09 Å². The molecule has 2 rings (SSSR count). The largest absolute Gasteiger partial charge is 0.508 e. The van der Waals surface area contributed by atoms with Crippen LogP contribution in [-0.4, -0.2) is 51.5 Å². The number of para-hydroxylation sites is 1. The van der Waals surface area contributed by atoms with Gasteiger partial charge in [-0.15, -0.1) is 0 Å². The molecule has 0 spiro atoms. The molecule has 0 aliphatic heterocycles. The van der Waals surface area contributed by atoms with E-state index >= 15 is 0 Å². The molecule has 0 aliphatic rings. The monoisotopic (exact) mass is 526 g/mol. The van der Waals surface area contributed by atoms with Crippen molar-refractivity contribution >= 4 is 29.5 Å². The van der Waals surface area contributed by atoms with Crippen LogP contribution in [0.1, 0.15) is 64.6 Å². The normalized spacial score (nSPS) is 13.5. The number of nitrogens with two attached hydrogens (primary N) is 1. The molecular formula is C28H38N4O6. The number of rotatable bonds is 10. The number of carbonyl (C=O) groups is 4. The number of nitrogens with zero attached hydrogens (tertiary/aromatic N) is 1. The fraction of sp³-hybridized carbons (Fsp3) is 0.429. The predicted molar refractivity (Wildman–Crippen MR) is 144 cm³/mol. The van der Waals surface area contributed by atoms with E-state index in [2.05, 4.69) is 10.6 Å².